The third-order valence-electron chi connectivity index (χ3n) is 3.03. The number of carbonyl (C=O) groups is 1. The molecular formula is C16H26N2O3S. The first-order chi connectivity index (χ1) is 10.5. The number of benzene rings is 1. The van der Waals surface area contributed by atoms with Crippen molar-refractivity contribution in [1.29, 1.82) is 0 Å². The largest absolute Gasteiger partial charge is 0.384 e. The molecule has 0 heterocycles. The van der Waals surface area contributed by atoms with Crippen LogP contribution in [0.1, 0.15) is 25.8 Å². The monoisotopic (exact) mass is 326 g/mol. The first kappa shape index (κ1) is 18.6. The van der Waals surface area contributed by atoms with Crippen molar-refractivity contribution in [2.45, 2.75) is 26.0 Å². The lowest BCUT2D eigenvalue weighted by Gasteiger charge is -2.10. The number of anilines is 1. The van der Waals surface area contributed by atoms with E-state index in [0.29, 0.717) is 36.3 Å². The van der Waals surface area contributed by atoms with Crippen LogP contribution in [0.5, 0.6) is 0 Å². The maximum atomic E-state index is 11.8. The lowest BCUT2D eigenvalue weighted by atomic mass is 10.1. The lowest BCUT2D eigenvalue weighted by Crippen LogP contribution is -2.30. The van der Waals surface area contributed by atoms with Crippen molar-refractivity contribution in [3.8, 4) is 0 Å². The number of ether oxygens (including phenoxy) is 1. The van der Waals surface area contributed by atoms with Crippen LogP contribution in [0, 0.1) is 5.92 Å². The number of hydrogen-bond acceptors (Lipinski definition) is 3. The van der Waals surface area contributed by atoms with E-state index in [4.69, 9.17) is 4.74 Å². The molecule has 0 fully saturated rings. The van der Waals surface area contributed by atoms with E-state index in [9.17, 15) is 9.00 Å². The Morgan fingerprint density at radius 3 is 2.82 bits per heavy atom. The van der Waals surface area contributed by atoms with E-state index >= 15 is 0 Å². The van der Waals surface area contributed by atoms with E-state index in [-0.39, 0.29) is 6.03 Å². The van der Waals surface area contributed by atoms with Crippen LogP contribution in [0.15, 0.2) is 24.3 Å². The van der Waals surface area contributed by atoms with E-state index in [0.717, 1.165) is 12.0 Å². The molecule has 0 unspecified atom stereocenters. The average molecular weight is 326 g/mol. The molecule has 0 aliphatic rings. The quantitative estimate of drug-likeness (QED) is 0.733. The smallest absolute Gasteiger partial charge is 0.319 e. The van der Waals surface area contributed by atoms with Gasteiger partial charge in [0.05, 0.1) is 6.61 Å². The van der Waals surface area contributed by atoms with Gasteiger partial charge in [-0.1, -0.05) is 26.0 Å². The van der Waals surface area contributed by atoms with E-state index in [1.54, 1.807) is 7.11 Å². The number of hydrogen-bond donors (Lipinski definition) is 2. The van der Waals surface area contributed by atoms with Gasteiger partial charge in [0, 0.05) is 41.6 Å². The Kier molecular flexibility index (Phi) is 8.77. The van der Waals surface area contributed by atoms with Crippen LogP contribution in [0.4, 0.5) is 10.5 Å². The molecular weight excluding hydrogens is 300 g/mol. The van der Waals surface area contributed by atoms with Crippen LogP contribution in [-0.2, 0) is 21.3 Å². The number of urea groups is 1. The minimum Gasteiger partial charge on any atom is -0.384 e. The molecule has 0 bridgehead atoms. The fourth-order valence-electron chi connectivity index (χ4n) is 1.82. The fraction of sp³-hybridized carbons (Fsp3) is 0.562. The van der Waals surface area contributed by atoms with Gasteiger partial charge in [-0.2, -0.15) is 0 Å². The van der Waals surface area contributed by atoms with Gasteiger partial charge in [0.25, 0.3) is 0 Å². The zero-order chi connectivity index (χ0) is 16.4. The number of carbonyl (C=O) groups excluding carboxylic acids is 1. The summed E-state index contributed by atoms with van der Waals surface area (Å²) in [5, 5.41) is 5.62. The first-order valence-corrected chi connectivity index (χ1v) is 8.97. The van der Waals surface area contributed by atoms with Crippen molar-refractivity contribution < 1.29 is 13.7 Å². The van der Waals surface area contributed by atoms with Crippen molar-refractivity contribution in [3.05, 3.63) is 29.8 Å². The molecule has 0 saturated heterocycles. The summed E-state index contributed by atoms with van der Waals surface area (Å²) in [7, 11) is 0.642. The number of amides is 2. The molecule has 1 aromatic carbocycles. The molecule has 2 amide bonds. The molecule has 0 aliphatic heterocycles. The minimum atomic E-state index is -0.955. The molecule has 1 atom stereocenters. The van der Waals surface area contributed by atoms with Crippen LogP contribution in [0.2, 0.25) is 0 Å². The van der Waals surface area contributed by atoms with Crippen LogP contribution >= 0.6 is 0 Å². The Hall–Kier alpha value is -1.40. The lowest BCUT2D eigenvalue weighted by molar-refractivity contribution is 0.218. The zero-order valence-electron chi connectivity index (χ0n) is 13.6. The molecule has 5 nitrogen and oxygen atoms in total. The van der Waals surface area contributed by atoms with Gasteiger partial charge in [0.15, 0.2) is 0 Å². The van der Waals surface area contributed by atoms with Gasteiger partial charge in [-0.3, -0.25) is 4.21 Å². The maximum Gasteiger partial charge on any atom is 0.319 e. The molecule has 6 heteroatoms. The topological polar surface area (TPSA) is 67.4 Å². The van der Waals surface area contributed by atoms with Crippen molar-refractivity contribution in [3.63, 3.8) is 0 Å². The molecule has 1 aromatic rings. The maximum absolute atomic E-state index is 11.8. The Labute approximate surface area is 135 Å². The summed E-state index contributed by atoms with van der Waals surface area (Å²) in [4.78, 5) is 11.8. The molecule has 0 aromatic heterocycles. The summed E-state index contributed by atoms with van der Waals surface area (Å²) in [6.45, 7) is 5.38. The van der Waals surface area contributed by atoms with E-state index < -0.39 is 10.8 Å². The Bertz CT molecular complexity index is 492. The molecule has 124 valence electrons. The number of rotatable bonds is 9. The first-order valence-electron chi connectivity index (χ1n) is 7.49. The predicted octanol–water partition coefficient (Wildman–Crippen LogP) is 2.75. The van der Waals surface area contributed by atoms with Gasteiger partial charge in [-0.05, 0) is 30.0 Å². The number of nitrogens with one attached hydrogen (secondary N) is 2. The normalized spacial score (nSPS) is 12.2. The van der Waals surface area contributed by atoms with Crippen LogP contribution in [0.25, 0.3) is 0 Å². The highest BCUT2D eigenvalue weighted by Crippen LogP contribution is 2.12. The van der Waals surface area contributed by atoms with Gasteiger partial charge in [0.2, 0.25) is 0 Å². The Morgan fingerprint density at radius 2 is 2.14 bits per heavy atom. The van der Waals surface area contributed by atoms with E-state index in [2.05, 4.69) is 24.5 Å². The van der Waals surface area contributed by atoms with Gasteiger partial charge >= 0.3 is 6.03 Å². The Morgan fingerprint density at radius 1 is 1.36 bits per heavy atom. The molecule has 1 rings (SSSR count). The third kappa shape index (κ3) is 8.14. The Balaban J connectivity index is 2.46. The van der Waals surface area contributed by atoms with Gasteiger partial charge in [-0.15, -0.1) is 0 Å². The summed E-state index contributed by atoms with van der Waals surface area (Å²) in [5.41, 5.74) is 1.65. The van der Waals surface area contributed by atoms with E-state index in [1.807, 2.05) is 24.3 Å². The zero-order valence-corrected chi connectivity index (χ0v) is 14.4. The van der Waals surface area contributed by atoms with E-state index in [1.165, 1.54) is 0 Å². The molecule has 0 saturated carbocycles. The number of methoxy groups -OCH3 is 1. The molecule has 22 heavy (non-hydrogen) atoms. The van der Waals surface area contributed by atoms with Gasteiger partial charge in [0.1, 0.15) is 0 Å². The highest BCUT2D eigenvalue weighted by Gasteiger charge is 2.05. The van der Waals surface area contributed by atoms with Crippen LogP contribution in [0.3, 0.4) is 0 Å². The summed E-state index contributed by atoms with van der Waals surface area (Å²) in [6.07, 6.45) is 0.950. The average Bonchev–Trinajstić information content (AvgIpc) is 2.45. The summed E-state index contributed by atoms with van der Waals surface area (Å²) in [5.74, 6) is 1.54. The molecule has 0 aliphatic carbocycles. The SMILES string of the molecule is COCC[S@@](=O)Cc1cccc(NC(=O)NCCC(C)C)c1. The van der Waals surface area contributed by atoms with Gasteiger partial charge < -0.3 is 15.4 Å². The van der Waals surface area contributed by atoms with Crippen LogP contribution in [-0.4, -0.2) is 36.3 Å². The minimum absolute atomic E-state index is 0.210. The predicted molar refractivity (Wildman–Crippen MR) is 91.5 cm³/mol. The van der Waals surface area contributed by atoms with Crippen molar-refractivity contribution >= 4 is 22.5 Å². The second kappa shape index (κ2) is 10.3. The second-order valence-electron chi connectivity index (χ2n) is 5.54. The summed E-state index contributed by atoms with van der Waals surface area (Å²) in [6, 6.07) is 7.23. The summed E-state index contributed by atoms with van der Waals surface area (Å²) >= 11 is 0. The standard InChI is InChI=1S/C16H26N2O3S/c1-13(2)7-8-17-16(19)18-15-6-4-5-14(11-15)12-22(20)10-9-21-3/h4-6,11,13H,7-10,12H2,1-3H3,(H2,17,18,19)/t22-/m1/s1. The summed E-state index contributed by atoms with van der Waals surface area (Å²) < 4.78 is 16.8. The van der Waals surface area contributed by atoms with Crippen molar-refractivity contribution in [1.82, 2.24) is 5.32 Å². The highest BCUT2D eigenvalue weighted by molar-refractivity contribution is 7.84. The highest BCUT2D eigenvalue weighted by atomic mass is 32.2. The van der Waals surface area contributed by atoms with Crippen molar-refractivity contribution in [2.75, 3.05) is 31.3 Å². The second-order valence-corrected chi connectivity index (χ2v) is 7.12. The van der Waals surface area contributed by atoms with Crippen molar-refractivity contribution in [2.24, 2.45) is 5.92 Å². The molecule has 0 radical (unpaired) electrons. The fourth-order valence-corrected chi connectivity index (χ4v) is 2.87. The van der Waals surface area contributed by atoms with Gasteiger partial charge in [-0.25, -0.2) is 4.79 Å². The molecule has 0 spiro atoms. The molecule has 2 N–H and O–H groups in total. The van der Waals surface area contributed by atoms with Crippen LogP contribution < -0.4 is 10.6 Å². The third-order valence-corrected chi connectivity index (χ3v) is 4.31.